The van der Waals surface area contributed by atoms with Crippen LogP contribution in [0.2, 0.25) is 0 Å². The number of carbonyl (C=O) groups excluding carboxylic acids is 2. The van der Waals surface area contributed by atoms with Crippen molar-refractivity contribution in [1.29, 1.82) is 0 Å². The van der Waals surface area contributed by atoms with Crippen molar-refractivity contribution < 1.29 is 24.2 Å². The molecule has 1 aromatic carbocycles. The fraction of sp³-hybridized carbons (Fsp3) is 0.500. The summed E-state index contributed by atoms with van der Waals surface area (Å²) >= 11 is 0. The van der Waals surface area contributed by atoms with E-state index < -0.39 is 29.7 Å². The molecule has 0 aliphatic carbocycles. The molecule has 1 rings (SSSR count). The number of aldehydes is 1. The monoisotopic (exact) mass is 335 g/mol. The highest BCUT2D eigenvalue weighted by Gasteiger charge is 2.35. The van der Waals surface area contributed by atoms with Crippen molar-refractivity contribution >= 4 is 18.3 Å². The van der Waals surface area contributed by atoms with E-state index in [-0.39, 0.29) is 6.42 Å². The minimum atomic E-state index is -1.16. The molecule has 6 heteroatoms. The van der Waals surface area contributed by atoms with Gasteiger partial charge < -0.3 is 14.6 Å². The number of carboxylic acids is 1. The largest absolute Gasteiger partial charge is 0.480 e. The van der Waals surface area contributed by atoms with Gasteiger partial charge in [-0.25, -0.2) is 9.59 Å². The SMILES string of the molecule is CC(C=O)N(C(=O)OC(C)(C)C)C(CCc1ccccc1)C(=O)O. The van der Waals surface area contributed by atoms with Crippen molar-refractivity contribution in [2.75, 3.05) is 0 Å². The van der Waals surface area contributed by atoms with Gasteiger partial charge in [0.15, 0.2) is 0 Å². The number of aliphatic carboxylic acids is 1. The summed E-state index contributed by atoms with van der Waals surface area (Å²) in [6.45, 7) is 6.55. The van der Waals surface area contributed by atoms with Crippen molar-refractivity contribution in [3.8, 4) is 0 Å². The highest BCUT2D eigenvalue weighted by atomic mass is 16.6. The van der Waals surface area contributed by atoms with Crippen LogP contribution in [0.25, 0.3) is 0 Å². The molecule has 0 aromatic heterocycles. The Bertz CT molecular complexity index is 565. The van der Waals surface area contributed by atoms with Crippen molar-refractivity contribution in [1.82, 2.24) is 4.90 Å². The fourth-order valence-corrected chi connectivity index (χ4v) is 2.29. The molecule has 6 nitrogen and oxygen atoms in total. The summed E-state index contributed by atoms with van der Waals surface area (Å²) in [4.78, 5) is 36.3. The Labute approximate surface area is 142 Å². The number of amides is 1. The summed E-state index contributed by atoms with van der Waals surface area (Å²) < 4.78 is 5.27. The van der Waals surface area contributed by atoms with Gasteiger partial charge in [0.05, 0.1) is 6.04 Å². The molecule has 0 aliphatic heterocycles. The minimum Gasteiger partial charge on any atom is -0.480 e. The van der Waals surface area contributed by atoms with E-state index in [0.29, 0.717) is 12.7 Å². The van der Waals surface area contributed by atoms with Gasteiger partial charge in [-0.15, -0.1) is 0 Å². The van der Waals surface area contributed by atoms with Gasteiger partial charge in [-0.1, -0.05) is 30.3 Å². The molecule has 1 amide bonds. The normalized spacial score (nSPS) is 13.7. The van der Waals surface area contributed by atoms with Crippen LogP contribution in [-0.4, -0.2) is 46.0 Å². The zero-order valence-corrected chi connectivity index (χ0v) is 14.6. The zero-order chi connectivity index (χ0) is 18.3. The van der Waals surface area contributed by atoms with Gasteiger partial charge in [0.25, 0.3) is 0 Å². The van der Waals surface area contributed by atoms with Crippen LogP contribution in [0.5, 0.6) is 0 Å². The topological polar surface area (TPSA) is 83.9 Å². The third-order valence-electron chi connectivity index (χ3n) is 3.41. The maximum atomic E-state index is 12.4. The van der Waals surface area contributed by atoms with Gasteiger partial charge >= 0.3 is 12.1 Å². The van der Waals surface area contributed by atoms with Crippen molar-refractivity contribution in [3.63, 3.8) is 0 Å². The lowest BCUT2D eigenvalue weighted by molar-refractivity contribution is -0.144. The Morgan fingerprint density at radius 1 is 1.25 bits per heavy atom. The van der Waals surface area contributed by atoms with Crippen molar-refractivity contribution in [3.05, 3.63) is 35.9 Å². The number of hydrogen-bond donors (Lipinski definition) is 1. The minimum absolute atomic E-state index is 0.191. The maximum absolute atomic E-state index is 12.4. The van der Waals surface area contributed by atoms with E-state index in [9.17, 15) is 19.5 Å². The van der Waals surface area contributed by atoms with Crippen LogP contribution in [0.1, 0.15) is 39.7 Å². The number of ether oxygens (including phenoxy) is 1. The number of benzene rings is 1. The van der Waals surface area contributed by atoms with E-state index in [2.05, 4.69) is 0 Å². The van der Waals surface area contributed by atoms with Gasteiger partial charge in [0.1, 0.15) is 17.9 Å². The molecule has 0 radical (unpaired) electrons. The first-order valence-electron chi connectivity index (χ1n) is 7.89. The summed E-state index contributed by atoms with van der Waals surface area (Å²) in [5.41, 5.74) is 0.187. The first-order valence-corrected chi connectivity index (χ1v) is 7.89. The third kappa shape index (κ3) is 6.02. The molecule has 0 saturated carbocycles. The number of aryl methyl sites for hydroxylation is 1. The summed E-state index contributed by atoms with van der Waals surface area (Å²) in [6, 6.07) is 7.35. The summed E-state index contributed by atoms with van der Waals surface area (Å²) in [7, 11) is 0. The molecule has 1 aromatic rings. The quantitative estimate of drug-likeness (QED) is 0.775. The highest BCUT2D eigenvalue weighted by Crippen LogP contribution is 2.18. The van der Waals surface area contributed by atoms with E-state index >= 15 is 0 Å². The smallest absolute Gasteiger partial charge is 0.411 e. The summed E-state index contributed by atoms with van der Waals surface area (Å²) in [6.07, 6.45) is 0.407. The Morgan fingerprint density at radius 3 is 2.29 bits per heavy atom. The van der Waals surface area contributed by atoms with Crippen LogP contribution in [0.3, 0.4) is 0 Å². The van der Waals surface area contributed by atoms with Crippen molar-refractivity contribution in [2.45, 2.75) is 58.2 Å². The average Bonchev–Trinajstić information content (AvgIpc) is 2.49. The lowest BCUT2D eigenvalue weighted by atomic mass is 10.0. The fourth-order valence-electron chi connectivity index (χ4n) is 2.29. The second-order valence-electron chi connectivity index (χ2n) is 6.64. The van der Waals surface area contributed by atoms with Crippen LogP contribution >= 0.6 is 0 Å². The van der Waals surface area contributed by atoms with Crippen molar-refractivity contribution in [2.24, 2.45) is 0 Å². The predicted octanol–water partition coefficient (Wildman–Crippen LogP) is 2.90. The van der Waals surface area contributed by atoms with Crippen LogP contribution < -0.4 is 0 Å². The molecule has 1 N–H and O–H groups in total. The highest BCUT2D eigenvalue weighted by molar-refractivity contribution is 5.82. The van der Waals surface area contributed by atoms with E-state index in [0.717, 1.165) is 10.5 Å². The third-order valence-corrected chi connectivity index (χ3v) is 3.41. The molecule has 132 valence electrons. The van der Waals surface area contributed by atoms with Crippen LogP contribution in [0.15, 0.2) is 30.3 Å². The lowest BCUT2D eigenvalue weighted by Gasteiger charge is -2.33. The first kappa shape index (κ1) is 19.7. The maximum Gasteiger partial charge on any atom is 0.411 e. The van der Waals surface area contributed by atoms with Crippen LogP contribution in [0.4, 0.5) is 4.79 Å². The van der Waals surface area contributed by atoms with Gasteiger partial charge in [0.2, 0.25) is 0 Å². The average molecular weight is 335 g/mol. The number of rotatable bonds is 7. The van der Waals surface area contributed by atoms with Gasteiger partial charge in [-0.05, 0) is 46.1 Å². The molecular weight excluding hydrogens is 310 g/mol. The Kier molecular flexibility index (Phi) is 6.95. The molecule has 0 aliphatic rings. The second-order valence-corrected chi connectivity index (χ2v) is 6.64. The molecule has 2 atom stereocenters. The zero-order valence-electron chi connectivity index (χ0n) is 14.6. The Hall–Kier alpha value is -2.37. The number of nitrogens with zero attached hydrogens (tertiary/aromatic N) is 1. The van der Waals surface area contributed by atoms with Crippen LogP contribution in [-0.2, 0) is 20.7 Å². The number of hydrogen-bond acceptors (Lipinski definition) is 4. The Morgan fingerprint density at radius 2 is 1.83 bits per heavy atom. The molecular formula is C18H25NO5. The molecule has 0 bridgehead atoms. The first-order chi connectivity index (χ1) is 11.2. The van der Waals surface area contributed by atoms with Crippen LogP contribution in [0, 0.1) is 0 Å². The molecule has 0 heterocycles. The molecule has 0 spiro atoms. The van der Waals surface area contributed by atoms with Gasteiger partial charge in [0, 0.05) is 0 Å². The summed E-state index contributed by atoms with van der Waals surface area (Å²) in [5.74, 6) is -1.16. The summed E-state index contributed by atoms with van der Waals surface area (Å²) in [5, 5.41) is 9.55. The number of carboxylic acid groups (broad SMARTS) is 1. The van der Waals surface area contributed by atoms with E-state index in [4.69, 9.17) is 4.74 Å². The molecule has 0 saturated heterocycles. The lowest BCUT2D eigenvalue weighted by Crippen LogP contribution is -2.52. The standard InChI is InChI=1S/C18H25NO5/c1-13(12-20)19(17(23)24-18(2,3)4)15(16(21)22)11-10-14-8-6-5-7-9-14/h5-9,12-13,15H,10-11H2,1-4H3,(H,21,22). The second kappa shape index (κ2) is 8.47. The Balaban J connectivity index is 2.98. The molecule has 2 unspecified atom stereocenters. The number of carbonyl (C=O) groups is 3. The predicted molar refractivity (Wildman–Crippen MR) is 89.8 cm³/mol. The van der Waals surface area contributed by atoms with E-state index in [1.807, 2.05) is 30.3 Å². The van der Waals surface area contributed by atoms with Gasteiger partial charge in [-0.3, -0.25) is 4.90 Å². The molecule has 0 fully saturated rings. The van der Waals surface area contributed by atoms with E-state index in [1.54, 1.807) is 20.8 Å². The van der Waals surface area contributed by atoms with E-state index in [1.165, 1.54) is 6.92 Å². The molecule has 24 heavy (non-hydrogen) atoms. The van der Waals surface area contributed by atoms with Gasteiger partial charge in [-0.2, -0.15) is 0 Å².